The van der Waals surface area contributed by atoms with E-state index in [1.807, 2.05) is 0 Å². The van der Waals surface area contributed by atoms with Crippen LogP contribution in [0.15, 0.2) is 0 Å². The summed E-state index contributed by atoms with van der Waals surface area (Å²) in [5.74, 6) is 0. The molecule has 0 heterocycles. The highest BCUT2D eigenvalue weighted by Crippen LogP contribution is 2.06. The van der Waals surface area contributed by atoms with Crippen LogP contribution in [-0.4, -0.2) is 17.9 Å². The van der Waals surface area contributed by atoms with E-state index in [2.05, 4.69) is 31.2 Å². The Morgan fingerprint density at radius 3 is 2.33 bits per heavy atom. The minimum atomic E-state index is -0.892. The van der Waals surface area contributed by atoms with E-state index in [4.69, 9.17) is 0 Å². The molecule has 0 fully saturated rings. The summed E-state index contributed by atoms with van der Waals surface area (Å²) in [4.78, 5) is 0. The maximum absolute atomic E-state index is 3.70. The maximum atomic E-state index is 3.70. The van der Waals surface area contributed by atoms with E-state index in [1.165, 1.54) is 12.5 Å². The molecule has 0 aliphatic heterocycles. The molecule has 0 unspecified atom stereocenters. The molecular formula is C6H19NSi2. The molecule has 9 heavy (non-hydrogen) atoms. The number of hydrogen-bond donors (Lipinski definition) is 1. The Bertz CT molecular complexity index is 65.5. The summed E-state index contributed by atoms with van der Waals surface area (Å²) in [6.45, 7) is 9.44. The Morgan fingerprint density at radius 2 is 2.00 bits per heavy atom. The Hall–Kier alpha value is 0.394. The molecule has 0 saturated heterocycles. The molecule has 1 nitrogen and oxygen atoms in total. The second kappa shape index (κ2) is 4.25. The molecule has 3 heteroatoms. The van der Waals surface area contributed by atoms with Crippen LogP contribution in [0.3, 0.4) is 0 Å². The van der Waals surface area contributed by atoms with Crippen molar-refractivity contribution < 1.29 is 0 Å². The SMILES string of the molecule is CCC[Si](C)(C)N[SiH2]C. The summed E-state index contributed by atoms with van der Waals surface area (Å²) >= 11 is 0. The van der Waals surface area contributed by atoms with Gasteiger partial charge in [-0.2, -0.15) is 0 Å². The molecule has 0 aromatic carbocycles. The molecule has 0 aliphatic rings. The Kier molecular flexibility index (Phi) is 4.43. The normalized spacial score (nSPS) is 13.3. The van der Waals surface area contributed by atoms with Gasteiger partial charge in [0.15, 0.2) is 0 Å². The van der Waals surface area contributed by atoms with E-state index in [1.54, 1.807) is 0 Å². The van der Waals surface area contributed by atoms with Gasteiger partial charge in [-0.05, 0) is 6.04 Å². The highest BCUT2D eigenvalue weighted by molar-refractivity contribution is 6.80. The summed E-state index contributed by atoms with van der Waals surface area (Å²) in [5, 5.41) is 0. The van der Waals surface area contributed by atoms with Crippen LogP contribution in [0.1, 0.15) is 13.3 Å². The lowest BCUT2D eigenvalue weighted by Crippen LogP contribution is -2.45. The minimum absolute atomic E-state index is 0.101. The summed E-state index contributed by atoms with van der Waals surface area (Å²) in [6, 6.07) is 1.44. The van der Waals surface area contributed by atoms with Crippen molar-refractivity contribution in [1.29, 1.82) is 0 Å². The smallest absolute Gasteiger partial charge is 0.112 e. The molecule has 0 atom stereocenters. The zero-order valence-corrected chi connectivity index (χ0v) is 9.54. The van der Waals surface area contributed by atoms with Crippen molar-refractivity contribution >= 4 is 17.9 Å². The molecule has 0 aromatic rings. The van der Waals surface area contributed by atoms with E-state index in [-0.39, 0.29) is 9.68 Å². The average Bonchev–Trinajstić information content (AvgIpc) is 1.64. The fraction of sp³-hybridized carbons (Fsp3) is 1.00. The fourth-order valence-corrected chi connectivity index (χ4v) is 6.98. The third kappa shape index (κ3) is 4.87. The van der Waals surface area contributed by atoms with Crippen molar-refractivity contribution in [2.24, 2.45) is 0 Å². The van der Waals surface area contributed by atoms with Crippen LogP contribution >= 0.6 is 0 Å². The largest absolute Gasteiger partial charge is 0.364 e. The minimum Gasteiger partial charge on any atom is -0.364 e. The van der Waals surface area contributed by atoms with Crippen LogP contribution in [0.4, 0.5) is 0 Å². The number of rotatable bonds is 4. The topological polar surface area (TPSA) is 12.0 Å². The van der Waals surface area contributed by atoms with Gasteiger partial charge in [0.1, 0.15) is 8.24 Å². The van der Waals surface area contributed by atoms with Crippen molar-refractivity contribution in [3.05, 3.63) is 0 Å². The van der Waals surface area contributed by atoms with Crippen LogP contribution in [0.2, 0.25) is 25.7 Å². The van der Waals surface area contributed by atoms with Gasteiger partial charge in [0.25, 0.3) is 0 Å². The second-order valence-corrected chi connectivity index (χ2v) is 9.55. The van der Waals surface area contributed by atoms with Crippen LogP contribution < -0.4 is 4.65 Å². The van der Waals surface area contributed by atoms with E-state index in [0.29, 0.717) is 0 Å². The van der Waals surface area contributed by atoms with E-state index < -0.39 is 8.24 Å². The standard InChI is InChI=1S/C6H19NSi2/c1-5-6-9(3,4)7-8-2/h7H,5-6,8H2,1-4H3. The number of hydrogen-bond acceptors (Lipinski definition) is 1. The van der Waals surface area contributed by atoms with Crippen molar-refractivity contribution in [3.8, 4) is 0 Å². The Balaban J connectivity index is 3.43. The lowest BCUT2D eigenvalue weighted by atomic mass is 10.6. The third-order valence-electron chi connectivity index (χ3n) is 1.53. The first-order valence-electron chi connectivity index (χ1n) is 3.87. The first-order valence-corrected chi connectivity index (χ1v) is 9.20. The first kappa shape index (κ1) is 9.39. The zero-order valence-electron chi connectivity index (χ0n) is 7.12. The molecule has 0 rings (SSSR count). The van der Waals surface area contributed by atoms with Crippen LogP contribution in [0, 0.1) is 0 Å². The maximum Gasteiger partial charge on any atom is 0.112 e. The third-order valence-corrected chi connectivity index (χ3v) is 8.52. The molecule has 0 amide bonds. The van der Waals surface area contributed by atoms with Gasteiger partial charge in [-0.15, -0.1) is 0 Å². The van der Waals surface area contributed by atoms with Gasteiger partial charge < -0.3 is 4.65 Å². The molecular weight excluding hydrogens is 142 g/mol. The molecule has 0 radical (unpaired) electrons. The molecule has 0 saturated carbocycles. The van der Waals surface area contributed by atoms with Crippen LogP contribution in [0.5, 0.6) is 0 Å². The monoisotopic (exact) mass is 161 g/mol. The lowest BCUT2D eigenvalue weighted by molar-refractivity contribution is 1.03. The fourth-order valence-electron chi connectivity index (χ4n) is 1.19. The number of nitrogens with one attached hydrogen (secondary N) is 1. The van der Waals surface area contributed by atoms with Gasteiger partial charge in [0.05, 0.1) is 9.68 Å². The zero-order chi connectivity index (χ0) is 7.33. The molecule has 0 aromatic heterocycles. The molecule has 0 aliphatic carbocycles. The van der Waals surface area contributed by atoms with Gasteiger partial charge >= 0.3 is 0 Å². The summed E-state index contributed by atoms with van der Waals surface area (Å²) in [5.41, 5.74) is 0. The molecule has 1 N–H and O–H groups in total. The Labute approximate surface area is 62.2 Å². The summed E-state index contributed by atoms with van der Waals surface area (Å²) < 4.78 is 3.70. The van der Waals surface area contributed by atoms with Gasteiger partial charge in [0, 0.05) is 0 Å². The van der Waals surface area contributed by atoms with Crippen molar-refractivity contribution in [2.45, 2.75) is 39.0 Å². The summed E-state index contributed by atoms with van der Waals surface area (Å²) in [7, 11) is -0.790. The molecule has 0 spiro atoms. The van der Waals surface area contributed by atoms with Gasteiger partial charge in [-0.25, -0.2) is 0 Å². The van der Waals surface area contributed by atoms with Crippen molar-refractivity contribution in [2.75, 3.05) is 0 Å². The molecule has 0 bridgehead atoms. The van der Waals surface area contributed by atoms with Crippen LogP contribution in [0.25, 0.3) is 0 Å². The molecule has 56 valence electrons. The van der Waals surface area contributed by atoms with Gasteiger partial charge in [-0.3, -0.25) is 0 Å². The van der Waals surface area contributed by atoms with E-state index in [0.717, 1.165) is 0 Å². The predicted octanol–water partition coefficient (Wildman–Crippen LogP) is 1.32. The quantitative estimate of drug-likeness (QED) is 0.613. The van der Waals surface area contributed by atoms with E-state index >= 15 is 0 Å². The lowest BCUT2D eigenvalue weighted by Gasteiger charge is -2.21. The van der Waals surface area contributed by atoms with Crippen molar-refractivity contribution in [1.82, 2.24) is 4.65 Å². The first-order chi connectivity index (χ1) is 4.12. The Morgan fingerprint density at radius 1 is 1.44 bits per heavy atom. The predicted molar refractivity (Wildman–Crippen MR) is 50.1 cm³/mol. The second-order valence-electron chi connectivity index (χ2n) is 3.16. The average molecular weight is 161 g/mol. The van der Waals surface area contributed by atoms with Gasteiger partial charge in [0.2, 0.25) is 0 Å². The van der Waals surface area contributed by atoms with Gasteiger partial charge in [-0.1, -0.05) is 33.0 Å². The highest BCUT2D eigenvalue weighted by Gasteiger charge is 2.16. The summed E-state index contributed by atoms with van der Waals surface area (Å²) in [6.07, 6.45) is 1.35. The van der Waals surface area contributed by atoms with E-state index in [9.17, 15) is 0 Å². The highest BCUT2D eigenvalue weighted by atomic mass is 28.4. The van der Waals surface area contributed by atoms with Crippen LogP contribution in [-0.2, 0) is 0 Å². The van der Waals surface area contributed by atoms with Crippen molar-refractivity contribution in [3.63, 3.8) is 0 Å².